The highest BCUT2D eigenvalue weighted by Gasteiger charge is 2.33. The van der Waals surface area contributed by atoms with Gasteiger partial charge in [0.2, 0.25) is 10.0 Å². The molecule has 0 bridgehead atoms. The fraction of sp³-hybridized carbons (Fsp3) is 0.409. The lowest BCUT2D eigenvalue weighted by molar-refractivity contribution is 0.0747. The van der Waals surface area contributed by atoms with Gasteiger partial charge in [-0.15, -0.1) is 0 Å². The lowest BCUT2D eigenvalue weighted by Gasteiger charge is -2.37. The second kappa shape index (κ2) is 8.23. The van der Waals surface area contributed by atoms with Crippen LogP contribution in [-0.2, 0) is 10.0 Å². The summed E-state index contributed by atoms with van der Waals surface area (Å²) < 4.78 is 27.1. The van der Waals surface area contributed by atoms with Crippen LogP contribution < -0.4 is 9.21 Å². The number of hydrogen-bond acceptors (Lipinski definition) is 4. The number of piperazine rings is 1. The Hall–Kier alpha value is -2.06. The number of anilines is 2. The van der Waals surface area contributed by atoms with E-state index in [0.717, 1.165) is 17.6 Å². The number of benzene rings is 2. The van der Waals surface area contributed by atoms with E-state index in [-0.39, 0.29) is 11.7 Å². The molecule has 30 heavy (non-hydrogen) atoms. The molecule has 4 rings (SSSR count). The van der Waals surface area contributed by atoms with Gasteiger partial charge in [0.05, 0.1) is 17.0 Å². The van der Waals surface area contributed by atoms with Gasteiger partial charge in [-0.2, -0.15) is 0 Å². The molecule has 0 saturated carbocycles. The minimum atomic E-state index is -3.36. The molecule has 8 heteroatoms. The van der Waals surface area contributed by atoms with E-state index in [1.807, 2.05) is 4.90 Å². The van der Waals surface area contributed by atoms with Crippen molar-refractivity contribution in [3.8, 4) is 0 Å². The molecular weight excluding hydrogens is 466 g/mol. The van der Waals surface area contributed by atoms with E-state index in [2.05, 4.69) is 52.9 Å². The minimum Gasteiger partial charge on any atom is -0.368 e. The Morgan fingerprint density at radius 1 is 0.933 bits per heavy atom. The number of amides is 1. The van der Waals surface area contributed by atoms with Gasteiger partial charge in [-0.3, -0.25) is 9.10 Å². The fourth-order valence-corrected chi connectivity index (χ4v) is 6.20. The number of halogens is 1. The van der Waals surface area contributed by atoms with Crippen LogP contribution in [-0.4, -0.2) is 57.7 Å². The van der Waals surface area contributed by atoms with Gasteiger partial charge in [0.25, 0.3) is 5.91 Å². The zero-order chi connectivity index (χ0) is 21.5. The molecule has 0 aliphatic carbocycles. The summed E-state index contributed by atoms with van der Waals surface area (Å²) in [6.45, 7) is 7.34. The van der Waals surface area contributed by atoms with Crippen molar-refractivity contribution in [2.24, 2.45) is 0 Å². The molecule has 0 unspecified atom stereocenters. The first-order chi connectivity index (χ1) is 14.3. The quantitative estimate of drug-likeness (QED) is 0.658. The van der Waals surface area contributed by atoms with Crippen molar-refractivity contribution >= 4 is 43.2 Å². The Balaban J connectivity index is 1.54. The van der Waals surface area contributed by atoms with Gasteiger partial charge in [0.1, 0.15) is 0 Å². The molecule has 2 aliphatic rings. The Bertz CT molecular complexity index is 1080. The van der Waals surface area contributed by atoms with Crippen LogP contribution in [0, 0.1) is 13.8 Å². The maximum absolute atomic E-state index is 13.3. The molecule has 0 radical (unpaired) electrons. The number of nitrogens with zero attached hydrogens (tertiary/aromatic N) is 3. The molecule has 2 aromatic carbocycles. The number of aryl methyl sites for hydroxylation is 2. The van der Waals surface area contributed by atoms with Crippen LogP contribution in [0.2, 0.25) is 0 Å². The van der Waals surface area contributed by atoms with Gasteiger partial charge >= 0.3 is 0 Å². The first kappa shape index (κ1) is 21.2. The molecule has 2 saturated heterocycles. The summed E-state index contributed by atoms with van der Waals surface area (Å²) >= 11 is 3.42. The molecule has 6 nitrogen and oxygen atoms in total. The first-order valence-electron chi connectivity index (χ1n) is 10.2. The zero-order valence-corrected chi connectivity index (χ0v) is 19.7. The summed E-state index contributed by atoms with van der Waals surface area (Å²) in [6, 6.07) is 11.7. The second-order valence-corrected chi connectivity index (χ2v) is 10.9. The molecule has 0 aromatic heterocycles. The molecule has 1 amide bonds. The summed E-state index contributed by atoms with van der Waals surface area (Å²) in [5.41, 5.74) is 4.61. The van der Waals surface area contributed by atoms with E-state index in [1.54, 1.807) is 18.2 Å². The lowest BCUT2D eigenvalue weighted by atomic mass is 10.1. The molecule has 0 atom stereocenters. The van der Waals surface area contributed by atoms with Gasteiger partial charge in [0, 0.05) is 42.9 Å². The first-order valence-corrected chi connectivity index (χ1v) is 12.6. The normalized spacial score (nSPS) is 18.7. The van der Waals surface area contributed by atoms with Gasteiger partial charge in [-0.25, -0.2) is 8.42 Å². The molecular formula is C22H26BrN3O3S. The largest absolute Gasteiger partial charge is 0.368 e. The van der Waals surface area contributed by atoms with Crippen molar-refractivity contribution in [2.45, 2.75) is 20.3 Å². The molecule has 2 aliphatic heterocycles. The molecule has 2 heterocycles. The summed E-state index contributed by atoms with van der Waals surface area (Å²) in [4.78, 5) is 17.5. The monoisotopic (exact) mass is 491 g/mol. The molecule has 2 fully saturated rings. The highest BCUT2D eigenvalue weighted by molar-refractivity contribution is 9.10. The Labute approximate surface area is 186 Å². The molecule has 0 N–H and O–H groups in total. The predicted octanol–water partition coefficient (Wildman–Crippen LogP) is 3.57. The lowest BCUT2D eigenvalue weighted by Crippen LogP contribution is -2.49. The average Bonchev–Trinajstić information content (AvgIpc) is 3.06. The number of carbonyl (C=O) groups excluding carboxylic acids is 1. The van der Waals surface area contributed by atoms with Crippen molar-refractivity contribution < 1.29 is 13.2 Å². The smallest absolute Gasteiger partial charge is 0.256 e. The SMILES string of the molecule is Cc1ccc(N2CCN(C(=O)c3ccc(Br)cc3N3CCCS3(=O)=O)CC2)c(C)c1. The standard InChI is InChI=1S/C22H26BrN3O3S/c1-16-4-7-20(17(2)14-16)24-9-11-25(12-10-24)22(27)19-6-5-18(23)15-21(19)26-8-3-13-30(26,28)29/h4-7,14-15H,3,8-13H2,1-2H3. The highest BCUT2D eigenvalue weighted by atomic mass is 79.9. The summed E-state index contributed by atoms with van der Waals surface area (Å²) in [6.07, 6.45) is 0.580. The van der Waals surface area contributed by atoms with E-state index in [0.29, 0.717) is 37.3 Å². The second-order valence-electron chi connectivity index (χ2n) is 7.97. The van der Waals surface area contributed by atoms with Crippen LogP contribution in [0.3, 0.4) is 0 Å². The third-order valence-electron chi connectivity index (χ3n) is 5.82. The van der Waals surface area contributed by atoms with Crippen molar-refractivity contribution in [1.82, 2.24) is 4.90 Å². The topological polar surface area (TPSA) is 60.9 Å². The third kappa shape index (κ3) is 4.07. The van der Waals surface area contributed by atoms with Crippen molar-refractivity contribution in [1.29, 1.82) is 0 Å². The molecule has 160 valence electrons. The summed E-state index contributed by atoms with van der Waals surface area (Å²) in [5.74, 6) is 0.0155. The van der Waals surface area contributed by atoms with Gasteiger partial charge < -0.3 is 9.80 Å². The van der Waals surface area contributed by atoms with Gasteiger partial charge in [-0.1, -0.05) is 33.6 Å². The third-order valence-corrected chi connectivity index (χ3v) is 8.17. The molecule has 0 spiro atoms. The predicted molar refractivity (Wildman–Crippen MR) is 124 cm³/mol. The van der Waals surface area contributed by atoms with Gasteiger partial charge in [-0.05, 0) is 50.1 Å². The van der Waals surface area contributed by atoms with Crippen molar-refractivity contribution in [3.63, 3.8) is 0 Å². The number of rotatable bonds is 3. The Kier molecular flexibility index (Phi) is 5.81. The van der Waals surface area contributed by atoms with E-state index in [1.165, 1.54) is 21.1 Å². The van der Waals surface area contributed by atoms with E-state index in [4.69, 9.17) is 0 Å². The van der Waals surface area contributed by atoms with E-state index >= 15 is 0 Å². The van der Waals surface area contributed by atoms with Crippen molar-refractivity contribution in [3.05, 3.63) is 57.6 Å². The maximum Gasteiger partial charge on any atom is 0.256 e. The van der Waals surface area contributed by atoms with Crippen LogP contribution in [0.1, 0.15) is 27.9 Å². The van der Waals surface area contributed by atoms with E-state index < -0.39 is 10.0 Å². The summed E-state index contributed by atoms with van der Waals surface area (Å²) in [7, 11) is -3.36. The molecule has 2 aromatic rings. The van der Waals surface area contributed by atoms with Crippen molar-refractivity contribution in [2.75, 3.05) is 47.7 Å². The highest BCUT2D eigenvalue weighted by Crippen LogP contribution is 2.32. The van der Waals surface area contributed by atoms with E-state index in [9.17, 15) is 13.2 Å². The average molecular weight is 492 g/mol. The van der Waals surface area contributed by atoms with Crippen LogP contribution in [0.15, 0.2) is 40.9 Å². The Morgan fingerprint density at radius 2 is 1.67 bits per heavy atom. The van der Waals surface area contributed by atoms with Crippen LogP contribution >= 0.6 is 15.9 Å². The number of sulfonamides is 1. The Morgan fingerprint density at radius 3 is 2.30 bits per heavy atom. The van der Waals surface area contributed by atoms with Crippen LogP contribution in [0.4, 0.5) is 11.4 Å². The van der Waals surface area contributed by atoms with Crippen LogP contribution in [0.25, 0.3) is 0 Å². The fourth-order valence-electron chi connectivity index (χ4n) is 4.28. The maximum atomic E-state index is 13.3. The van der Waals surface area contributed by atoms with Crippen LogP contribution in [0.5, 0.6) is 0 Å². The zero-order valence-electron chi connectivity index (χ0n) is 17.3. The minimum absolute atomic E-state index is 0.111. The number of carbonyl (C=O) groups is 1. The van der Waals surface area contributed by atoms with Gasteiger partial charge in [0.15, 0.2) is 0 Å². The summed E-state index contributed by atoms with van der Waals surface area (Å²) in [5, 5.41) is 0. The number of hydrogen-bond donors (Lipinski definition) is 0.